The van der Waals surface area contributed by atoms with E-state index in [9.17, 15) is 0 Å². The molecule has 6 heteroatoms. The third-order valence-corrected chi connectivity index (χ3v) is 13.5. The second-order valence-corrected chi connectivity index (χ2v) is 15.4. The van der Waals surface area contributed by atoms with Gasteiger partial charge in [-0.3, -0.25) is 0 Å². The predicted molar refractivity (Wildman–Crippen MR) is 170 cm³/mol. The second-order valence-electron chi connectivity index (χ2n) is 15.4. The first-order valence-electron chi connectivity index (χ1n) is 18.0. The van der Waals surface area contributed by atoms with Gasteiger partial charge in [0.2, 0.25) is 0 Å². The lowest BCUT2D eigenvalue weighted by Gasteiger charge is -2.59. The van der Waals surface area contributed by atoms with E-state index < -0.39 is 0 Å². The summed E-state index contributed by atoms with van der Waals surface area (Å²) in [6.45, 7) is 15.4. The fourth-order valence-corrected chi connectivity index (χ4v) is 11.0. The van der Waals surface area contributed by atoms with Crippen LogP contribution in [0.25, 0.3) is 0 Å². The van der Waals surface area contributed by atoms with Crippen LogP contribution in [0.15, 0.2) is 34.7 Å². The monoisotopic (exact) mass is 594 g/mol. The van der Waals surface area contributed by atoms with E-state index in [4.69, 9.17) is 18.6 Å². The Hall–Kier alpha value is -1.18. The lowest BCUT2D eigenvalue weighted by molar-refractivity contribution is -0.166. The average Bonchev–Trinajstić information content (AvgIpc) is 3.83. The molecule has 3 heterocycles. The van der Waals surface area contributed by atoms with Gasteiger partial charge in [-0.25, -0.2) is 0 Å². The number of rotatable bonds is 12. The van der Waals surface area contributed by atoms with Gasteiger partial charge in [-0.05, 0) is 132 Å². The van der Waals surface area contributed by atoms with E-state index >= 15 is 0 Å². The zero-order valence-corrected chi connectivity index (χ0v) is 27.2. The molecule has 0 radical (unpaired) electrons. The van der Waals surface area contributed by atoms with Crippen LogP contribution in [0, 0.1) is 28.6 Å². The number of hydrogen-bond acceptors (Lipinski definition) is 6. The van der Waals surface area contributed by atoms with Crippen molar-refractivity contribution in [2.75, 3.05) is 65.7 Å². The van der Waals surface area contributed by atoms with Crippen LogP contribution in [0.5, 0.6) is 0 Å². The molecule has 43 heavy (non-hydrogen) atoms. The molecular weight excluding hydrogens is 536 g/mol. The summed E-state index contributed by atoms with van der Waals surface area (Å²) in [4.78, 5) is 5.11. The van der Waals surface area contributed by atoms with E-state index in [0.717, 1.165) is 64.2 Å². The molecule has 1 aromatic heterocycles. The molecule has 4 aliphatic carbocycles. The van der Waals surface area contributed by atoms with E-state index in [-0.39, 0.29) is 11.0 Å². The molecule has 0 amide bonds. The summed E-state index contributed by atoms with van der Waals surface area (Å²) in [6, 6.07) is 2.20. The molecule has 2 saturated heterocycles. The Morgan fingerprint density at radius 3 is 2.33 bits per heavy atom. The van der Waals surface area contributed by atoms with E-state index in [1.165, 1.54) is 96.0 Å². The molecule has 7 rings (SSSR count). The maximum absolute atomic E-state index is 7.14. The van der Waals surface area contributed by atoms with Gasteiger partial charge < -0.3 is 28.4 Å². The Balaban J connectivity index is 0.977. The van der Waals surface area contributed by atoms with Crippen LogP contribution in [0.4, 0.5) is 0 Å². The van der Waals surface area contributed by atoms with Crippen molar-refractivity contribution in [3.63, 3.8) is 0 Å². The first-order chi connectivity index (χ1) is 21.0. The van der Waals surface area contributed by atoms with Gasteiger partial charge in [0.05, 0.1) is 45.1 Å². The minimum absolute atomic E-state index is 0.153. The Kier molecular flexibility index (Phi) is 9.15. The molecule has 240 valence electrons. The van der Waals surface area contributed by atoms with Crippen molar-refractivity contribution in [2.24, 2.45) is 28.6 Å². The van der Waals surface area contributed by atoms with Crippen LogP contribution in [0.3, 0.4) is 0 Å². The lowest BCUT2D eigenvalue weighted by Crippen LogP contribution is -2.54. The summed E-state index contributed by atoms with van der Waals surface area (Å²) >= 11 is 0. The van der Waals surface area contributed by atoms with Crippen LogP contribution >= 0.6 is 0 Å². The first kappa shape index (κ1) is 30.5. The average molecular weight is 595 g/mol. The Morgan fingerprint density at radius 2 is 1.58 bits per heavy atom. The molecule has 3 saturated carbocycles. The highest BCUT2D eigenvalue weighted by Crippen LogP contribution is 2.70. The smallest absolute Gasteiger partial charge is 0.102 e. The number of nitrogens with zero attached hydrogens (tertiary/aromatic N) is 2. The standard InChI is InChI=1S/C37H58N2O4/c1-35-13-9-31(42-26-25-40-23-20-38-16-3-4-17-38)27-29(35)7-8-32-33(35)10-14-36(2)34(32)11-15-37(36,30-12-22-41-28-30)43-24-21-39-18-5-6-19-39/h7,12,22,28,31-34H,3-6,8-11,13-21,23-27H2,1-2H3/t31?,32-,33-,34+,35+,36+,37?/m1/s1. The van der Waals surface area contributed by atoms with Gasteiger partial charge in [0.15, 0.2) is 0 Å². The molecule has 7 atom stereocenters. The van der Waals surface area contributed by atoms with Crippen molar-refractivity contribution in [2.45, 2.75) is 103 Å². The minimum atomic E-state index is -0.220. The van der Waals surface area contributed by atoms with Crippen molar-refractivity contribution in [1.29, 1.82) is 0 Å². The molecule has 6 aliphatic rings. The van der Waals surface area contributed by atoms with Crippen molar-refractivity contribution in [3.05, 3.63) is 35.8 Å². The lowest BCUT2D eigenvalue weighted by atomic mass is 9.46. The number of allylic oxidation sites excluding steroid dienone is 1. The molecule has 0 aromatic carbocycles. The summed E-state index contributed by atoms with van der Waals surface area (Å²) in [5.74, 6) is 2.24. The van der Waals surface area contributed by atoms with Gasteiger partial charge in [0.1, 0.15) is 5.60 Å². The summed E-state index contributed by atoms with van der Waals surface area (Å²) in [5, 5.41) is 0. The van der Waals surface area contributed by atoms with Gasteiger partial charge in [-0.2, -0.15) is 0 Å². The third-order valence-electron chi connectivity index (χ3n) is 13.5. The Morgan fingerprint density at radius 1 is 0.837 bits per heavy atom. The molecule has 1 aromatic rings. The molecule has 2 aliphatic heterocycles. The van der Waals surface area contributed by atoms with Gasteiger partial charge in [-0.15, -0.1) is 0 Å². The zero-order chi connectivity index (χ0) is 29.3. The topological polar surface area (TPSA) is 47.3 Å². The first-order valence-corrected chi connectivity index (χ1v) is 18.0. The molecule has 2 unspecified atom stereocenters. The van der Waals surface area contributed by atoms with Gasteiger partial charge >= 0.3 is 0 Å². The molecule has 5 fully saturated rings. The van der Waals surface area contributed by atoms with Gasteiger partial charge in [0, 0.05) is 24.1 Å². The highest BCUT2D eigenvalue weighted by molar-refractivity contribution is 5.30. The Bertz CT molecular complexity index is 1080. The second kappa shape index (κ2) is 12.9. The van der Waals surface area contributed by atoms with Crippen molar-refractivity contribution in [3.8, 4) is 0 Å². The summed E-state index contributed by atoms with van der Waals surface area (Å²) < 4.78 is 25.2. The van der Waals surface area contributed by atoms with Crippen LogP contribution in [0.2, 0.25) is 0 Å². The van der Waals surface area contributed by atoms with E-state index in [1.54, 1.807) is 5.57 Å². The minimum Gasteiger partial charge on any atom is -0.472 e. The quantitative estimate of drug-likeness (QED) is 0.191. The van der Waals surface area contributed by atoms with E-state index in [1.807, 2.05) is 12.5 Å². The van der Waals surface area contributed by atoms with Crippen LogP contribution in [-0.2, 0) is 19.8 Å². The van der Waals surface area contributed by atoms with Crippen molar-refractivity contribution >= 4 is 0 Å². The van der Waals surface area contributed by atoms with Crippen LogP contribution in [-0.4, -0.2) is 81.6 Å². The number of likely N-dealkylation sites (tertiary alicyclic amines) is 2. The maximum Gasteiger partial charge on any atom is 0.102 e. The number of furan rings is 1. The normalized spacial score (nSPS) is 39.9. The van der Waals surface area contributed by atoms with E-state index in [0.29, 0.717) is 17.4 Å². The summed E-state index contributed by atoms with van der Waals surface area (Å²) in [5.41, 5.74) is 3.24. The number of ether oxygens (including phenoxy) is 3. The van der Waals surface area contributed by atoms with Crippen molar-refractivity contribution in [1.82, 2.24) is 9.80 Å². The molecule has 6 nitrogen and oxygen atoms in total. The zero-order valence-electron chi connectivity index (χ0n) is 27.2. The number of fused-ring (bicyclic) bond motifs is 5. The third kappa shape index (κ3) is 5.71. The SMILES string of the molecule is C[C@]12CCC(OCCOCCN3CCCC3)CC1=CC[C@@H]1[C@H]2CC[C@@]2(C)[C@H]1CCC2(OCCN1CCCC1)c1ccoc1. The predicted octanol–water partition coefficient (Wildman–Crippen LogP) is 7.05. The fraction of sp³-hybridized carbons (Fsp3) is 0.838. The fourth-order valence-electron chi connectivity index (χ4n) is 11.0. The molecule has 0 bridgehead atoms. The van der Waals surface area contributed by atoms with Crippen molar-refractivity contribution < 1.29 is 18.6 Å². The Labute approximate surface area is 260 Å². The van der Waals surface area contributed by atoms with Crippen LogP contribution < -0.4 is 0 Å². The highest BCUT2D eigenvalue weighted by Gasteiger charge is 2.65. The highest BCUT2D eigenvalue weighted by atomic mass is 16.5. The summed E-state index contributed by atoms with van der Waals surface area (Å²) in [7, 11) is 0. The van der Waals surface area contributed by atoms with E-state index in [2.05, 4.69) is 35.8 Å². The maximum atomic E-state index is 7.14. The molecule has 0 N–H and O–H groups in total. The van der Waals surface area contributed by atoms with Crippen LogP contribution in [0.1, 0.15) is 96.5 Å². The molecule has 0 spiro atoms. The largest absolute Gasteiger partial charge is 0.472 e. The number of hydrogen-bond donors (Lipinski definition) is 0. The summed E-state index contributed by atoms with van der Waals surface area (Å²) in [6.07, 6.45) is 22.0. The van der Waals surface area contributed by atoms with Gasteiger partial charge in [0.25, 0.3) is 0 Å². The van der Waals surface area contributed by atoms with Gasteiger partial charge in [-0.1, -0.05) is 25.5 Å². The molecular formula is C37H58N2O4.